The van der Waals surface area contributed by atoms with Crippen molar-refractivity contribution in [3.63, 3.8) is 0 Å². The van der Waals surface area contributed by atoms with Gasteiger partial charge in [-0.25, -0.2) is 5.30 Å². The second-order valence-electron chi connectivity index (χ2n) is 3.98. The standard InChI is InChI=1S/C16H12P.Li/c1-2-8-15(9-3-1)17-16-11-10-13-6-4-5-7-14(13)12-16;/h1-12H;/q-1;+1. The molecule has 0 saturated heterocycles. The van der Waals surface area contributed by atoms with E-state index < -0.39 is 0 Å². The zero-order valence-corrected chi connectivity index (χ0v) is 11.3. The van der Waals surface area contributed by atoms with Crippen LogP contribution >= 0.6 is 8.58 Å². The van der Waals surface area contributed by atoms with Crippen LogP contribution in [-0.2, 0) is 0 Å². The number of rotatable bonds is 2. The molecule has 0 radical (unpaired) electrons. The fraction of sp³-hybridized carbons (Fsp3) is 0. The van der Waals surface area contributed by atoms with Gasteiger partial charge in [-0.15, -0.1) is 0 Å². The van der Waals surface area contributed by atoms with E-state index >= 15 is 0 Å². The third kappa shape index (κ3) is 3.04. The average molecular weight is 242 g/mol. The van der Waals surface area contributed by atoms with Crippen LogP contribution in [0.1, 0.15) is 0 Å². The van der Waals surface area contributed by atoms with Gasteiger partial charge in [-0.05, 0) is 10.8 Å². The van der Waals surface area contributed by atoms with Crippen molar-refractivity contribution in [3.8, 4) is 0 Å². The van der Waals surface area contributed by atoms with Crippen LogP contribution in [0.25, 0.3) is 10.8 Å². The summed E-state index contributed by atoms with van der Waals surface area (Å²) >= 11 is 0. The van der Waals surface area contributed by atoms with Crippen LogP contribution in [0.3, 0.4) is 0 Å². The molecule has 0 aromatic heterocycles. The maximum absolute atomic E-state index is 2.27. The molecule has 0 aliphatic rings. The second-order valence-corrected chi connectivity index (χ2v) is 5.24. The quantitative estimate of drug-likeness (QED) is 0.459. The Hall–Kier alpha value is -1.05. The van der Waals surface area contributed by atoms with Crippen molar-refractivity contribution in [1.82, 2.24) is 0 Å². The number of benzene rings is 3. The fourth-order valence-corrected chi connectivity index (χ4v) is 2.87. The molecule has 3 aromatic rings. The summed E-state index contributed by atoms with van der Waals surface area (Å²) in [7, 11) is 1.27. The van der Waals surface area contributed by atoms with E-state index in [1.54, 1.807) is 0 Å². The van der Waals surface area contributed by atoms with Gasteiger partial charge in [0, 0.05) is 0 Å². The van der Waals surface area contributed by atoms with Gasteiger partial charge in [0.2, 0.25) is 0 Å². The van der Waals surface area contributed by atoms with E-state index in [4.69, 9.17) is 0 Å². The van der Waals surface area contributed by atoms with Crippen LogP contribution in [0, 0.1) is 0 Å². The first-order chi connectivity index (χ1) is 8.42. The Morgan fingerprint density at radius 3 is 2.00 bits per heavy atom. The van der Waals surface area contributed by atoms with Crippen molar-refractivity contribution in [2.75, 3.05) is 0 Å². The van der Waals surface area contributed by atoms with Gasteiger partial charge in [-0.3, -0.25) is 0 Å². The van der Waals surface area contributed by atoms with E-state index in [0.717, 1.165) is 0 Å². The fourth-order valence-electron chi connectivity index (χ4n) is 1.90. The summed E-state index contributed by atoms with van der Waals surface area (Å²) in [5.74, 6) is 0. The van der Waals surface area contributed by atoms with E-state index in [9.17, 15) is 0 Å². The monoisotopic (exact) mass is 242 g/mol. The van der Waals surface area contributed by atoms with Gasteiger partial charge >= 0.3 is 18.9 Å². The number of hydrogen-bond acceptors (Lipinski definition) is 0. The summed E-state index contributed by atoms with van der Waals surface area (Å²) in [6.07, 6.45) is 0. The van der Waals surface area contributed by atoms with Crippen molar-refractivity contribution >= 4 is 30.0 Å². The molecule has 82 valence electrons. The van der Waals surface area contributed by atoms with Gasteiger partial charge in [-0.2, -0.15) is 5.30 Å². The van der Waals surface area contributed by atoms with Gasteiger partial charge in [0.25, 0.3) is 0 Å². The van der Waals surface area contributed by atoms with Gasteiger partial charge < -0.3 is 8.58 Å². The molecule has 0 bridgehead atoms. The minimum absolute atomic E-state index is 0. The molecule has 0 amide bonds. The molecule has 3 rings (SSSR count). The van der Waals surface area contributed by atoms with E-state index in [-0.39, 0.29) is 18.9 Å². The van der Waals surface area contributed by atoms with Crippen LogP contribution < -0.4 is 29.5 Å². The van der Waals surface area contributed by atoms with Gasteiger partial charge in [-0.1, -0.05) is 72.8 Å². The van der Waals surface area contributed by atoms with Crippen molar-refractivity contribution in [3.05, 3.63) is 72.8 Å². The molecule has 18 heavy (non-hydrogen) atoms. The molecule has 0 unspecified atom stereocenters. The molecule has 0 atom stereocenters. The molecule has 0 aliphatic heterocycles. The topological polar surface area (TPSA) is 0 Å². The molecule has 0 fully saturated rings. The molecule has 0 aliphatic carbocycles. The van der Waals surface area contributed by atoms with Crippen molar-refractivity contribution in [2.45, 2.75) is 0 Å². The molecule has 0 nitrogen and oxygen atoms in total. The molecular formula is C16H12LiP. The van der Waals surface area contributed by atoms with Gasteiger partial charge in [0.15, 0.2) is 0 Å². The summed E-state index contributed by atoms with van der Waals surface area (Å²) in [5.41, 5.74) is 0. The van der Waals surface area contributed by atoms with Gasteiger partial charge in [0.1, 0.15) is 0 Å². The molecule has 0 saturated carbocycles. The SMILES string of the molecule is [Li+].c1ccc([P-]c2ccc3ccccc3c2)cc1. The summed E-state index contributed by atoms with van der Waals surface area (Å²) in [4.78, 5) is 0. The minimum Gasteiger partial charge on any atom is -0.472 e. The van der Waals surface area contributed by atoms with Crippen LogP contribution in [0.5, 0.6) is 0 Å². The number of hydrogen-bond donors (Lipinski definition) is 0. The summed E-state index contributed by atoms with van der Waals surface area (Å²) in [6.45, 7) is 0. The van der Waals surface area contributed by atoms with Crippen LogP contribution in [0.2, 0.25) is 0 Å². The first-order valence-electron chi connectivity index (χ1n) is 5.67. The van der Waals surface area contributed by atoms with Crippen molar-refractivity contribution < 1.29 is 18.9 Å². The number of fused-ring (bicyclic) bond motifs is 1. The summed E-state index contributed by atoms with van der Waals surface area (Å²) in [5, 5.41) is 5.30. The van der Waals surface area contributed by atoms with Crippen molar-refractivity contribution in [2.24, 2.45) is 0 Å². The average Bonchev–Trinajstić information content (AvgIpc) is 2.40. The Bertz CT molecular complexity index is 635. The maximum atomic E-state index is 2.27. The Balaban J connectivity index is 0.00000120. The summed E-state index contributed by atoms with van der Waals surface area (Å²) in [6, 6.07) is 25.7. The van der Waals surface area contributed by atoms with E-state index in [1.807, 2.05) is 0 Å². The molecular weight excluding hydrogens is 230 g/mol. The van der Waals surface area contributed by atoms with Crippen LogP contribution in [0.15, 0.2) is 72.8 Å². The normalized spacial score (nSPS) is 10.7. The Morgan fingerprint density at radius 1 is 0.556 bits per heavy atom. The predicted molar refractivity (Wildman–Crippen MR) is 76.6 cm³/mol. The van der Waals surface area contributed by atoms with E-state index in [2.05, 4.69) is 72.8 Å². The Labute approximate surface area is 121 Å². The Kier molecular flexibility index (Phi) is 4.62. The van der Waals surface area contributed by atoms with Gasteiger partial charge in [0.05, 0.1) is 0 Å². The molecule has 0 heterocycles. The zero-order valence-electron chi connectivity index (χ0n) is 10.4. The Morgan fingerprint density at radius 2 is 1.22 bits per heavy atom. The molecule has 0 N–H and O–H groups in total. The molecule has 0 spiro atoms. The largest absolute Gasteiger partial charge is 1.00 e. The van der Waals surface area contributed by atoms with Crippen LogP contribution in [-0.4, -0.2) is 0 Å². The third-order valence-electron chi connectivity index (χ3n) is 2.75. The minimum atomic E-state index is 0. The molecule has 2 heteroatoms. The van der Waals surface area contributed by atoms with Crippen molar-refractivity contribution in [1.29, 1.82) is 0 Å². The predicted octanol–water partition coefficient (Wildman–Crippen LogP) is 0.741. The van der Waals surface area contributed by atoms with E-state index in [1.165, 1.54) is 30.0 Å². The zero-order chi connectivity index (χ0) is 11.5. The van der Waals surface area contributed by atoms with E-state index in [0.29, 0.717) is 0 Å². The van der Waals surface area contributed by atoms with Crippen LogP contribution in [0.4, 0.5) is 0 Å². The second kappa shape index (κ2) is 6.21. The first-order valence-corrected chi connectivity index (χ1v) is 6.57. The molecule has 3 aromatic carbocycles. The maximum Gasteiger partial charge on any atom is 1.00 e. The smallest absolute Gasteiger partial charge is 0.472 e. The third-order valence-corrected chi connectivity index (χ3v) is 3.84. The summed E-state index contributed by atoms with van der Waals surface area (Å²) < 4.78 is 0. The first kappa shape index (κ1) is 13.4.